The molecule has 1 heterocycles. The Morgan fingerprint density at radius 2 is 1.69 bits per heavy atom. The van der Waals surface area contributed by atoms with E-state index in [1.807, 2.05) is 54.4 Å². The number of hydrogen-bond donors (Lipinski definition) is 1. The first-order valence-electron chi connectivity index (χ1n) is 12.7. The summed E-state index contributed by atoms with van der Waals surface area (Å²) < 4.78 is 0. The summed E-state index contributed by atoms with van der Waals surface area (Å²) in [4.78, 5) is 15.0. The van der Waals surface area contributed by atoms with Crippen LogP contribution in [0.4, 0.5) is 0 Å². The standard InChI is InChI=1S/C31H32Cl2N2O/c1-35(30(36)22-7-3-2-4-8-22)21-25(23-12-14-28(32)29(33)20-23)11-13-26-19-24-9-5-6-10-27(24)31(26)15-17-34-18-16-31/h2-10,12,14,19-20,25,34H,11,13,15-18,21H2,1H3/t25-/m1/s1. The van der Waals surface area contributed by atoms with Gasteiger partial charge in [-0.25, -0.2) is 0 Å². The zero-order chi connectivity index (χ0) is 25.1. The third-order valence-corrected chi connectivity index (χ3v) is 8.66. The lowest BCUT2D eigenvalue weighted by atomic mass is 9.69. The summed E-state index contributed by atoms with van der Waals surface area (Å²) in [5.41, 5.74) is 6.30. The van der Waals surface area contributed by atoms with Crippen LogP contribution in [0, 0.1) is 0 Å². The van der Waals surface area contributed by atoms with Gasteiger partial charge in [0.1, 0.15) is 0 Å². The van der Waals surface area contributed by atoms with Crippen LogP contribution in [0.25, 0.3) is 6.08 Å². The highest BCUT2D eigenvalue weighted by Crippen LogP contribution is 2.50. The molecule has 1 fully saturated rings. The molecule has 1 spiro atoms. The monoisotopic (exact) mass is 518 g/mol. The van der Waals surface area contributed by atoms with E-state index in [4.69, 9.17) is 23.2 Å². The number of carbonyl (C=O) groups excluding carboxylic acids is 1. The molecule has 3 nitrogen and oxygen atoms in total. The van der Waals surface area contributed by atoms with Crippen molar-refractivity contribution >= 4 is 35.2 Å². The molecule has 3 aromatic carbocycles. The van der Waals surface area contributed by atoms with Crippen LogP contribution < -0.4 is 5.32 Å². The third kappa shape index (κ3) is 4.98. The molecule has 0 bridgehead atoms. The molecule has 1 aliphatic heterocycles. The average Bonchev–Trinajstić information content (AvgIpc) is 3.21. The first-order valence-corrected chi connectivity index (χ1v) is 13.5. The van der Waals surface area contributed by atoms with E-state index in [9.17, 15) is 4.79 Å². The first kappa shape index (κ1) is 25.1. The number of rotatable bonds is 7. The van der Waals surface area contributed by atoms with E-state index >= 15 is 0 Å². The second kappa shape index (κ2) is 10.8. The lowest BCUT2D eigenvalue weighted by molar-refractivity contribution is 0.0784. The molecule has 3 aromatic rings. The number of nitrogens with one attached hydrogen (secondary N) is 1. The molecule has 1 aliphatic carbocycles. The van der Waals surface area contributed by atoms with Gasteiger partial charge < -0.3 is 10.2 Å². The number of fused-ring (bicyclic) bond motifs is 2. The van der Waals surface area contributed by atoms with Gasteiger partial charge in [0.2, 0.25) is 0 Å². The van der Waals surface area contributed by atoms with Crippen LogP contribution >= 0.6 is 23.2 Å². The number of carbonyl (C=O) groups is 1. The van der Waals surface area contributed by atoms with Crippen molar-refractivity contribution in [2.75, 3.05) is 26.7 Å². The molecule has 1 atom stereocenters. The lowest BCUT2D eigenvalue weighted by Crippen LogP contribution is -2.40. The van der Waals surface area contributed by atoms with Crippen LogP contribution in [0.2, 0.25) is 10.0 Å². The fraction of sp³-hybridized carbons (Fsp3) is 0.323. The van der Waals surface area contributed by atoms with Crippen molar-refractivity contribution in [3.05, 3.63) is 111 Å². The minimum absolute atomic E-state index is 0.0305. The zero-order valence-electron chi connectivity index (χ0n) is 20.6. The Morgan fingerprint density at radius 3 is 2.44 bits per heavy atom. The molecule has 1 saturated heterocycles. The van der Waals surface area contributed by atoms with Crippen molar-refractivity contribution in [3.63, 3.8) is 0 Å². The van der Waals surface area contributed by atoms with Gasteiger partial charge >= 0.3 is 0 Å². The maximum atomic E-state index is 13.1. The van der Waals surface area contributed by atoms with Gasteiger partial charge in [-0.2, -0.15) is 0 Å². The fourth-order valence-corrected chi connectivity index (χ4v) is 6.29. The lowest BCUT2D eigenvalue weighted by Gasteiger charge is -2.38. The van der Waals surface area contributed by atoms with E-state index in [0.29, 0.717) is 22.2 Å². The van der Waals surface area contributed by atoms with Gasteiger partial charge in [0.25, 0.3) is 5.91 Å². The Bertz CT molecular complexity index is 1260. The van der Waals surface area contributed by atoms with Crippen molar-refractivity contribution < 1.29 is 4.79 Å². The second-order valence-electron chi connectivity index (χ2n) is 10.0. The van der Waals surface area contributed by atoms with Crippen LogP contribution in [0.5, 0.6) is 0 Å². The molecule has 0 saturated carbocycles. The summed E-state index contributed by atoms with van der Waals surface area (Å²) in [6.07, 6.45) is 6.58. The molecule has 0 radical (unpaired) electrons. The average molecular weight is 520 g/mol. The molecule has 1 amide bonds. The number of amides is 1. The molecule has 36 heavy (non-hydrogen) atoms. The molecule has 186 valence electrons. The number of nitrogens with zero attached hydrogens (tertiary/aromatic N) is 1. The normalized spacial score (nSPS) is 16.9. The Morgan fingerprint density at radius 1 is 0.972 bits per heavy atom. The fourth-order valence-electron chi connectivity index (χ4n) is 5.99. The number of halogens is 2. The summed E-state index contributed by atoms with van der Waals surface area (Å²) in [7, 11) is 1.89. The Balaban J connectivity index is 1.40. The van der Waals surface area contributed by atoms with Gasteiger partial charge in [0.15, 0.2) is 0 Å². The third-order valence-electron chi connectivity index (χ3n) is 7.92. The molecule has 0 unspecified atom stereocenters. The summed E-state index contributed by atoms with van der Waals surface area (Å²) in [6.45, 7) is 2.69. The van der Waals surface area contributed by atoms with Gasteiger partial charge in [-0.05, 0) is 79.7 Å². The summed E-state index contributed by atoms with van der Waals surface area (Å²) in [5.74, 6) is 0.170. The highest BCUT2D eigenvalue weighted by Gasteiger charge is 2.41. The topological polar surface area (TPSA) is 32.3 Å². The largest absolute Gasteiger partial charge is 0.341 e. The molecule has 5 heteroatoms. The van der Waals surface area contributed by atoms with E-state index in [0.717, 1.165) is 44.3 Å². The summed E-state index contributed by atoms with van der Waals surface area (Å²) in [5, 5.41) is 4.65. The van der Waals surface area contributed by atoms with Crippen LogP contribution in [-0.2, 0) is 5.41 Å². The highest BCUT2D eigenvalue weighted by atomic mass is 35.5. The number of allylic oxidation sites excluding steroid dienone is 1. The smallest absolute Gasteiger partial charge is 0.253 e. The Labute approximate surface area is 224 Å². The van der Waals surface area contributed by atoms with Crippen LogP contribution in [0.15, 0.2) is 78.4 Å². The van der Waals surface area contributed by atoms with Gasteiger partial charge in [0, 0.05) is 30.5 Å². The van der Waals surface area contributed by atoms with E-state index in [1.165, 1.54) is 16.7 Å². The SMILES string of the molecule is CN(C[C@@H](CCC1=Cc2ccccc2C12CCNCC2)c1ccc(Cl)c(Cl)c1)C(=O)c1ccccc1. The maximum absolute atomic E-state index is 13.1. The zero-order valence-corrected chi connectivity index (χ0v) is 22.2. The number of piperidine rings is 1. The van der Waals surface area contributed by atoms with Gasteiger partial charge in [-0.3, -0.25) is 4.79 Å². The molecule has 1 N–H and O–H groups in total. The van der Waals surface area contributed by atoms with Crippen molar-refractivity contribution in [1.82, 2.24) is 10.2 Å². The van der Waals surface area contributed by atoms with Crippen molar-refractivity contribution in [2.24, 2.45) is 0 Å². The van der Waals surface area contributed by atoms with Crippen molar-refractivity contribution in [3.8, 4) is 0 Å². The molecule has 5 rings (SSSR count). The second-order valence-corrected chi connectivity index (χ2v) is 10.9. The summed E-state index contributed by atoms with van der Waals surface area (Å²) >= 11 is 12.7. The van der Waals surface area contributed by atoms with E-state index < -0.39 is 0 Å². The molecular weight excluding hydrogens is 487 g/mol. The van der Waals surface area contributed by atoms with Crippen LogP contribution in [0.3, 0.4) is 0 Å². The van der Waals surface area contributed by atoms with E-state index in [1.54, 1.807) is 0 Å². The number of hydrogen-bond acceptors (Lipinski definition) is 2. The van der Waals surface area contributed by atoms with Gasteiger partial charge in [0.05, 0.1) is 10.0 Å². The van der Waals surface area contributed by atoms with Crippen molar-refractivity contribution in [2.45, 2.75) is 37.0 Å². The van der Waals surface area contributed by atoms with Crippen LogP contribution in [-0.4, -0.2) is 37.5 Å². The highest BCUT2D eigenvalue weighted by molar-refractivity contribution is 6.42. The molecule has 2 aliphatic rings. The van der Waals surface area contributed by atoms with E-state index in [2.05, 4.69) is 41.7 Å². The Kier molecular flexibility index (Phi) is 7.52. The van der Waals surface area contributed by atoms with Crippen LogP contribution in [0.1, 0.15) is 58.6 Å². The maximum Gasteiger partial charge on any atom is 0.253 e. The quantitative estimate of drug-likeness (QED) is 0.354. The molecule has 0 aromatic heterocycles. The van der Waals surface area contributed by atoms with Crippen molar-refractivity contribution in [1.29, 1.82) is 0 Å². The number of benzene rings is 3. The first-order chi connectivity index (χ1) is 17.5. The summed E-state index contributed by atoms with van der Waals surface area (Å²) in [6, 6.07) is 24.2. The van der Waals surface area contributed by atoms with Gasteiger partial charge in [-0.1, -0.05) is 83.4 Å². The molecular formula is C31H32Cl2N2O. The Hall–Kier alpha value is -2.59. The van der Waals surface area contributed by atoms with E-state index in [-0.39, 0.29) is 17.2 Å². The minimum Gasteiger partial charge on any atom is -0.341 e. The predicted octanol–water partition coefficient (Wildman–Crippen LogP) is 7.35. The van der Waals surface area contributed by atoms with Gasteiger partial charge in [-0.15, -0.1) is 0 Å². The minimum atomic E-state index is 0.0305. The number of likely N-dealkylation sites (N-methyl/N-ethyl adjacent to an activating group) is 1. The predicted molar refractivity (Wildman–Crippen MR) is 150 cm³/mol.